The van der Waals surface area contributed by atoms with Crippen LogP contribution in [0.2, 0.25) is 0 Å². The van der Waals surface area contributed by atoms with Crippen molar-refractivity contribution in [2.45, 2.75) is 24.8 Å². The zero-order valence-electron chi connectivity index (χ0n) is 14.4. The Morgan fingerprint density at radius 3 is 2.54 bits per heavy atom. The number of carbonyl (C=O) groups is 1. The highest BCUT2D eigenvalue weighted by atomic mass is 16.4. The van der Waals surface area contributed by atoms with Gasteiger partial charge >= 0.3 is 0 Å². The number of pyridine rings is 1. The van der Waals surface area contributed by atoms with Gasteiger partial charge in [0.15, 0.2) is 5.76 Å². The molecule has 2 aromatic heterocycles. The molecule has 1 fully saturated rings. The third-order valence-corrected chi connectivity index (χ3v) is 4.94. The van der Waals surface area contributed by atoms with Gasteiger partial charge in [0.25, 0.3) is 11.5 Å². The summed E-state index contributed by atoms with van der Waals surface area (Å²) in [5.41, 5.74) is 1.22. The minimum absolute atomic E-state index is 0.0592. The molecule has 0 unspecified atom stereocenters. The van der Waals surface area contributed by atoms with E-state index in [1.165, 1.54) is 16.2 Å². The Kier molecular flexibility index (Phi) is 4.21. The summed E-state index contributed by atoms with van der Waals surface area (Å²) in [4.78, 5) is 24.2. The molecule has 3 aromatic rings. The van der Waals surface area contributed by atoms with Crippen molar-refractivity contribution in [2.24, 2.45) is 0 Å². The number of furan rings is 1. The van der Waals surface area contributed by atoms with Crippen LogP contribution in [0.4, 0.5) is 0 Å². The predicted molar refractivity (Wildman–Crippen MR) is 98.2 cm³/mol. The van der Waals surface area contributed by atoms with Gasteiger partial charge in [0, 0.05) is 24.2 Å². The standard InChI is InChI=1S/C21H20N2O3/c24-19-8-4-5-13-23(19)14-17-9-10-18(26-17)20(25)22-15-21(11-12-21)16-6-2-1-3-7-16/h1-10,13H,11-12,14-15H2,(H,22,25). The summed E-state index contributed by atoms with van der Waals surface area (Å²) in [6.45, 7) is 0.908. The second kappa shape index (κ2) is 6.67. The molecule has 0 atom stereocenters. The van der Waals surface area contributed by atoms with Gasteiger partial charge in [0.05, 0.1) is 6.54 Å². The van der Waals surface area contributed by atoms with E-state index in [2.05, 4.69) is 17.4 Å². The molecule has 4 rings (SSSR count). The molecule has 132 valence electrons. The maximum atomic E-state index is 12.4. The van der Waals surface area contributed by atoms with Crippen LogP contribution in [-0.4, -0.2) is 17.0 Å². The van der Waals surface area contributed by atoms with Crippen molar-refractivity contribution in [2.75, 3.05) is 6.54 Å². The molecule has 26 heavy (non-hydrogen) atoms. The first-order chi connectivity index (χ1) is 12.7. The van der Waals surface area contributed by atoms with Crippen molar-refractivity contribution >= 4 is 5.91 Å². The van der Waals surface area contributed by atoms with E-state index < -0.39 is 0 Å². The van der Waals surface area contributed by atoms with E-state index in [-0.39, 0.29) is 22.6 Å². The van der Waals surface area contributed by atoms with Crippen LogP contribution in [-0.2, 0) is 12.0 Å². The summed E-state index contributed by atoms with van der Waals surface area (Å²) < 4.78 is 7.16. The maximum Gasteiger partial charge on any atom is 0.287 e. The Morgan fingerprint density at radius 1 is 1.04 bits per heavy atom. The van der Waals surface area contributed by atoms with Crippen LogP contribution in [0, 0.1) is 0 Å². The highest BCUT2D eigenvalue weighted by Crippen LogP contribution is 2.47. The molecule has 1 aliphatic carbocycles. The van der Waals surface area contributed by atoms with Crippen molar-refractivity contribution in [1.82, 2.24) is 9.88 Å². The van der Waals surface area contributed by atoms with Gasteiger partial charge in [0.1, 0.15) is 5.76 Å². The lowest BCUT2D eigenvalue weighted by molar-refractivity contribution is 0.0920. The van der Waals surface area contributed by atoms with E-state index in [1.54, 1.807) is 30.5 Å². The number of aromatic nitrogens is 1. The van der Waals surface area contributed by atoms with Gasteiger partial charge in [-0.15, -0.1) is 0 Å². The van der Waals surface area contributed by atoms with Crippen LogP contribution in [0.3, 0.4) is 0 Å². The van der Waals surface area contributed by atoms with Crippen molar-refractivity contribution < 1.29 is 9.21 Å². The first kappa shape index (κ1) is 16.4. The van der Waals surface area contributed by atoms with E-state index in [0.717, 1.165) is 12.8 Å². The molecule has 1 aliphatic rings. The average Bonchev–Trinajstić information content (AvgIpc) is 3.33. The zero-order chi connectivity index (χ0) is 18.0. The molecule has 1 amide bonds. The van der Waals surface area contributed by atoms with Gasteiger partial charge in [0.2, 0.25) is 0 Å². The highest BCUT2D eigenvalue weighted by molar-refractivity contribution is 5.91. The van der Waals surface area contributed by atoms with Crippen molar-refractivity contribution in [1.29, 1.82) is 0 Å². The maximum absolute atomic E-state index is 12.4. The fourth-order valence-electron chi connectivity index (χ4n) is 3.19. The minimum Gasteiger partial charge on any atom is -0.454 e. The first-order valence-corrected chi connectivity index (χ1v) is 8.74. The largest absolute Gasteiger partial charge is 0.454 e. The van der Waals surface area contributed by atoms with Gasteiger partial charge in [-0.25, -0.2) is 0 Å². The van der Waals surface area contributed by atoms with Gasteiger partial charge in [-0.3, -0.25) is 9.59 Å². The average molecular weight is 348 g/mol. The Hall–Kier alpha value is -3.08. The molecule has 1 aromatic carbocycles. The summed E-state index contributed by atoms with van der Waals surface area (Å²) in [6.07, 6.45) is 3.86. The number of hydrogen-bond acceptors (Lipinski definition) is 3. The molecule has 0 bridgehead atoms. The van der Waals surface area contributed by atoms with Gasteiger partial charge in [-0.05, 0) is 36.6 Å². The van der Waals surface area contributed by atoms with Crippen LogP contribution < -0.4 is 10.9 Å². The Morgan fingerprint density at radius 2 is 1.81 bits per heavy atom. The number of nitrogens with one attached hydrogen (secondary N) is 1. The minimum atomic E-state index is -0.223. The summed E-state index contributed by atoms with van der Waals surface area (Å²) >= 11 is 0. The SMILES string of the molecule is O=C(NCC1(c2ccccc2)CC1)c1ccc(Cn2ccccc2=O)o1. The second-order valence-corrected chi connectivity index (χ2v) is 6.76. The molecular weight excluding hydrogens is 328 g/mol. The smallest absolute Gasteiger partial charge is 0.287 e. The molecule has 1 saturated carbocycles. The summed E-state index contributed by atoms with van der Waals surface area (Å²) in [7, 11) is 0. The normalized spacial score (nSPS) is 14.8. The van der Waals surface area contributed by atoms with Crippen molar-refractivity contribution in [3.8, 4) is 0 Å². The molecular formula is C21H20N2O3. The molecule has 5 nitrogen and oxygen atoms in total. The number of rotatable bonds is 6. The second-order valence-electron chi connectivity index (χ2n) is 6.76. The number of nitrogens with zero attached hydrogens (tertiary/aromatic N) is 1. The predicted octanol–water partition coefficient (Wildman–Crippen LogP) is 2.95. The quantitative estimate of drug-likeness (QED) is 0.745. The Balaban J connectivity index is 1.40. The Bertz CT molecular complexity index is 968. The lowest BCUT2D eigenvalue weighted by Crippen LogP contribution is -2.32. The topological polar surface area (TPSA) is 64.2 Å². The number of benzene rings is 1. The van der Waals surface area contributed by atoms with Crippen molar-refractivity contribution in [3.63, 3.8) is 0 Å². The van der Waals surface area contributed by atoms with E-state index in [9.17, 15) is 9.59 Å². The number of amides is 1. The lowest BCUT2D eigenvalue weighted by atomic mass is 9.96. The van der Waals surface area contributed by atoms with Crippen LogP contribution in [0.1, 0.15) is 34.7 Å². The molecule has 0 radical (unpaired) electrons. The van der Waals surface area contributed by atoms with Gasteiger partial charge in [-0.1, -0.05) is 36.4 Å². The third-order valence-electron chi connectivity index (χ3n) is 4.94. The van der Waals surface area contributed by atoms with E-state index in [1.807, 2.05) is 18.2 Å². The van der Waals surface area contributed by atoms with Crippen LogP contribution >= 0.6 is 0 Å². The summed E-state index contributed by atoms with van der Waals surface area (Å²) in [6, 6.07) is 18.7. The van der Waals surface area contributed by atoms with Crippen LogP contribution in [0.15, 0.2) is 76.1 Å². The lowest BCUT2D eigenvalue weighted by Gasteiger charge is -2.16. The summed E-state index contributed by atoms with van der Waals surface area (Å²) in [5.74, 6) is 0.624. The fraction of sp³-hybridized carbons (Fsp3) is 0.238. The van der Waals surface area contributed by atoms with Crippen LogP contribution in [0.5, 0.6) is 0 Å². The molecule has 5 heteroatoms. The first-order valence-electron chi connectivity index (χ1n) is 8.74. The molecule has 0 aliphatic heterocycles. The molecule has 1 N–H and O–H groups in total. The van der Waals surface area contributed by atoms with E-state index in [0.29, 0.717) is 18.8 Å². The van der Waals surface area contributed by atoms with E-state index >= 15 is 0 Å². The molecule has 0 spiro atoms. The monoisotopic (exact) mass is 348 g/mol. The zero-order valence-corrected chi connectivity index (χ0v) is 14.4. The number of carbonyl (C=O) groups excluding carboxylic acids is 1. The fourth-order valence-corrected chi connectivity index (χ4v) is 3.19. The van der Waals surface area contributed by atoms with E-state index in [4.69, 9.17) is 4.42 Å². The van der Waals surface area contributed by atoms with Gasteiger partial charge in [-0.2, -0.15) is 0 Å². The van der Waals surface area contributed by atoms with Crippen LogP contribution in [0.25, 0.3) is 0 Å². The Labute approximate surface area is 151 Å². The molecule has 2 heterocycles. The number of hydrogen-bond donors (Lipinski definition) is 1. The highest BCUT2D eigenvalue weighted by Gasteiger charge is 2.44. The molecule has 0 saturated heterocycles. The van der Waals surface area contributed by atoms with Gasteiger partial charge < -0.3 is 14.3 Å². The van der Waals surface area contributed by atoms with Crippen molar-refractivity contribution in [3.05, 3.63) is 94.3 Å². The summed E-state index contributed by atoms with van der Waals surface area (Å²) in [5, 5.41) is 2.99. The third kappa shape index (κ3) is 3.33.